The number of nitrogens with zero attached hydrogens (tertiary/aromatic N) is 3. The molecule has 1 N–H and O–H groups in total. The Balaban J connectivity index is 1.48. The number of hydrogen-bond acceptors (Lipinski definition) is 8. The van der Waals surface area contributed by atoms with E-state index in [4.69, 9.17) is 18.9 Å². The summed E-state index contributed by atoms with van der Waals surface area (Å²) in [6.45, 7) is 5.23. The number of benzene rings is 1. The number of methoxy groups -OCH3 is 1. The van der Waals surface area contributed by atoms with Crippen LogP contribution in [-0.2, 0) is 19.1 Å². The molecule has 30 heavy (non-hydrogen) atoms. The van der Waals surface area contributed by atoms with Crippen LogP contribution in [0.1, 0.15) is 5.56 Å². The second kappa shape index (κ2) is 11.5. The normalized spacial score (nSPS) is 17.7. The largest absolute Gasteiger partial charge is 0.493 e. The van der Waals surface area contributed by atoms with Crippen LogP contribution in [0.25, 0.3) is 0 Å². The van der Waals surface area contributed by atoms with E-state index in [-0.39, 0.29) is 25.0 Å². The predicted molar refractivity (Wildman–Crippen MR) is 109 cm³/mol. The Bertz CT molecular complexity index is 745. The van der Waals surface area contributed by atoms with Crippen molar-refractivity contribution in [1.29, 1.82) is 0 Å². The second-order valence-corrected chi connectivity index (χ2v) is 6.87. The number of carbonyl (C=O) groups is 2. The topological polar surface area (TPSA) is 102 Å². The van der Waals surface area contributed by atoms with Crippen LogP contribution in [0.3, 0.4) is 0 Å². The molecule has 0 bridgehead atoms. The summed E-state index contributed by atoms with van der Waals surface area (Å²) in [6, 6.07) is 5.21. The Kier molecular flexibility index (Phi) is 8.42. The smallest absolute Gasteiger partial charge is 0.260 e. The molecule has 0 aromatic heterocycles. The molecule has 0 spiro atoms. The van der Waals surface area contributed by atoms with Gasteiger partial charge in [0.05, 0.1) is 46.3 Å². The van der Waals surface area contributed by atoms with Gasteiger partial charge in [0.25, 0.3) is 11.8 Å². The molecule has 10 heteroatoms. The Hall–Kier alpha value is -2.69. The standard InChI is InChI=1S/C20H28N4O6/c1-27-18-12-16(13-21-22-19(25)14-23-4-8-28-9-5-23)2-3-17(18)30-15-20(26)24-6-10-29-11-7-24/h2-3,12-13H,4-11,14-15H2,1H3,(H,22,25)/b21-13-. The van der Waals surface area contributed by atoms with Gasteiger partial charge in [-0.2, -0.15) is 5.10 Å². The monoisotopic (exact) mass is 420 g/mol. The van der Waals surface area contributed by atoms with Crippen LogP contribution in [0.2, 0.25) is 0 Å². The average molecular weight is 420 g/mol. The fraction of sp³-hybridized carbons (Fsp3) is 0.550. The molecule has 2 aliphatic heterocycles. The first kappa shape index (κ1) is 22.0. The molecule has 1 aromatic rings. The van der Waals surface area contributed by atoms with E-state index in [1.807, 2.05) is 4.90 Å². The molecule has 2 fully saturated rings. The lowest BCUT2D eigenvalue weighted by Crippen LogP contribution is -2.43. The second-order valence-electron chi connectivity index (χ2n) is 6.87. The molecule has 1 aromatic carbocycles. The highest BCUT2D eigenvalue weighted by atomic mass is 16.5. The minimum Gasteiger partial charge on any atom is -0.493 e. The highest BCUT2D eigenvalue weighted by Gasteiger charge is 2.18. The van der Waals surface area contributed by atoms with Gasteiger partial charge in [0.15, 0.2) is 18.1 Å². The maximum atomic E-state index is 12.2. The van der Waals surface area contributed by atoms with Crippen molar-refractivity contribution < 1.29 is 28.5 Å². The molecular formula is C20H28N4O6. The Morgan fingerprint density at radius 2 is 1.80 bits per heavy atom. The van der Waals surface area contributed by atoms with Crippen molar-refractivity contribution in [2.45, 2.75) is 0 Å². The van der Waals surface area contributed by atoms with Gasteiger partial charge in [0, 0.05) is 26.2 Å². The number of carbonyl (C=O) groups excluding carboxylic acids is 2. The van der Waals surface area contributed by atoms with Gasteiger partial charge in [-0.3, -0.25) is 14.5 Å². The molecule has 2 heterocycles. The van der Waals surface area contributed by atoms with Crippen molar-refractivity contribution in [1.82, 2.24) is 15.2 Å². The third kappa shape index (κ3) is 6.68. The quantitative estimate of drug-likeness (QED) is 0.456. The van der Waals surface area contributed by atoms with Gasteiger partial charge >= 0.3 is 0 Å². The molecule has 2 aliphatic rings. The van der Waals surface area contributed by atoms with Crippen LogP contribution in [0.15, 0.2) is 23.3 Å². The first-order chi connectivity index (χ1) is 14.7. The molecule has 2 saturated heterocycles. The number of nitrogens with one attached hydrogen (secondary N) is 1. The summed E-state index contributed by atoms with van der Waals surface area (Å²) in [7, 11) is 1.52. The van der Waals surface area contributed by atoms with E-state index in [1.54, 1.807) is 23.1 Å². The SMILES string of the molecule is COc1cc(/C=N\NC(=O)CN2CCOCC2)ccc1OCC(=O)N1CCOCC1. The summed E-state index contributed by atoms with van der Waals surface area (Å²) in [5.41, 5.74) is 3.25. The molecule has 0 radical (unpaired) electrons. The number of rotatable bonds is 8. The highest BCUT2D eigenvalue weighted by molar-refractivity contribution is 5.84. The van der Waals surface area contributed by atoms with Crippen LogP contribution < -0.4 is 14.9 Å². The first-order valence-corrected chi connectivity index (χ1v) is 9.94. The van der Waals surface area contributed by atoms with E-state index in [0.717, 1.165) is 18.7 Å². The fourth-order valence-corrected chi connectivity index (χ4v) is 3.10. The Labute approximate surface area is 175 Å². The molecule has 0 aliphatic carbocycles. The lowest BCUT2D eigenvalue weighted by atomic mass is 10.2. The van der Waals surface area contributed by atoms with Crippen molar-refractivity contribution in [3.8, 4) is 11.5 Å². The lowest BCUT2D eigenvalue weighted by molar-refractivity contribution is -0.137. The summed E-state index contributed by atoms with van der Waals surface area (Å²) in [4.78, 5) is 27.9. The average Bonchev–Trinajstić information content (AvgIpc) is 2.79. The van der Waals surface area contributed by atoms with Crippen molar-refractivity contribution in [3.63, 3.8) is 0 Å². The molecule has 0 atom stereocenters. The number of ether oxygens (including phenoxy) is 4. The van der Waals surface area contributed by atoms with Gasteiger partial charge in [-0.25, -0.2) is 5.43 Å². The maximum absolute atomic E-state index is 12.2. The van der Waals surface area contributed by atoms with E-state index >= 15 is 0 Å². The van der Waals surface area contributed by atoms with Crippen LogP contribution in [0.5, 0.6) is 11.5 Å². The lowest BCUT2D eigenvalue weighted by Gasteiger charge is -2.26. The zero-order valence-corrected chi connectivity index (χ0v) is 17.2. The summed E-state index contributed by atoms with van der Waals surface area (Å²) in [5.74, 6) is 0.677. The third-order valence-corrected chi connectivity index (χ3v) is 4.78. The van der Waals surface area contributed by atoms with Gasteiger partial charge < -0.3 is 23.8 Å². The summed E-state index contributed by atoms with van der Waals surface area (Å²) in [5, 5.41) is 4.00. The van der Waals surface area contributed by atoms with Gasteiger partial charge in [-0.05, 0) is 23.8 Å². The van der Waals surface area contributed by atoms with Crippen molar-refractivity contribution >= 4 is 18.0 Å². The minimum atomic E-state index is -0.179. The summed E-state index contributed by atoms with van der Waals surface area (Å²) < 4.78 is 21.5. The number of morpholine rings is 2. The van der Waals surface area contributed by atoms with E-state index in [1.165, 1.54) is 13.3 Å². The Morgan fingerprint density at radius 1 is 1.10 bits per heavy atom. The highest BCUT2D eigenvalue weighted by Crippen LogP contribution is 2.27. The van der Waals surface area contributed by atoms with E-state index in [9.17, 15) is 9.59 Å². The van der Waals surface area contributed by atoms with Crippen LogP contribution in [-0.4, -0.2) is 101 Å². The molecular weight excluding hydrogens is 392 g/mol. The summed E-state index contributed by atoms with van der Waals surface area (Å²) in [6.07, 6.45) is 1.53. The molecule has 0 unspecified atom stereocenters. The number of hydrazone groups is 1. The van der Waals surface area contributed by atoms with Gasteiger partial charge in [0.1, 0.15) is 0 Å². The van der Waals surface area contributed by atoms with Crippen LogP contribution >= 0.6 is 0 Å². The maximum Gasteiger partial charge on any atom is 0.260 e. The van der Waals surface area contributed by atoms with Crippen molar-refractivity contribution in [2.75, 3.05) is 72.9 Å². The third-order valence-electron chi connectivity index (χ3n) is 4.78. The molecule has 10 nitrogen and oxygen atoms in total. The summed E-state index contributed by atoms with van der Waals surface area (Å²) >= 11 is 0. The Morgan fingerprint density at radius 3 is 2.50 bits per heavy atom. The van der Waals surface area contributed by atoms with E-state index < -0.39 is 0 Å². The van der Waals surface area contributed by atoms with Gasteiger partial charge in [-0.1, -0.05) is 0 Å². The van der Waals surface area contributed by atoms with Crippen LogP contribution in [0.4, 0.5) is 0 Å². The minimum absolute atomic E-state index is 0.0681. The zero-order chi connectivity index (χ0) is 21.2. The van der Waals surface area contributed by atoms with Gasteiger partial charge in [-0.15, -0.1) is 0 Å². The van der Waals surface area contributed by atoms with Crippen molar-refractivity contribution in [2.24, 2.45) is 5.10 Å². The predicted octanol–water partition coefficient (Wildman–Crippen LogP) is -0.285. The zero-order valence-electron chi connectivity index (χ0n) is 17.2. The molecule has 2 amide bonds. The molecule has 0 saturated carbocycles. The number of amides is 2. The number of hydrogen-bond donors (Lipinski definition) is 1. The van der Waals surface area contributed by atoms with Crippen molar-refractivity contribution in [3.05, 3.63) is 23.8 Å². The van der Waals surface area contributed by atoms with E-state index in [2.05, 4.69) is 10.5 Å². The first-order valence-electron chi connectivity index (χ1n) is 9.94. The molecule has 3 rings (SSSR count). The fourth-order valence-electron chi connectivity index (χ4n) is 3.10. The van der Waals surface area contributed by atoms with Crippen LogP contribution in [0, 0.1) is 0 Å². The van der Waals surface area contributed by atoms with Gasteiger partial charge in [0.2, 0.25) is 0 Å². The van der Waals surface area contributed by atoms with E-state index in [0.29, 0.717) is 51.0 Å². The molecule has 164 valence electrons.